The molecular formula is C9H13N3OS2. The lowest BCUT2D eigenvalue weighted by Crippen LogP contribution is -2.43. The van der Waals surface area contributed by atoms with E-state index in [2.05, 4.69) is 15.6 Å². The van der Waals surface area contributed by atoms with E-state index < -0.39 is 0 Å². The maximum atomic E-state index is 11.4. The van der Waals surface area contributed by atoms with E-state index >= 15 is 0 Å². The number of anilines is 1. The average molecular weight is 243 g/mol. The summed E-state index contributed by atoms with van der Waals surface area (Å²) in [6, 6.07) is 0. The second-order valence-corrected chi connectivity index (χ2v) is 5.35. The number of aromatic nitrogens is 1. The molecule has 6 heteroatoms. The van der Waals surface area contributed by atoms with Crippen molar-refractivity contribution in [1.29, 1.82) is 0 Å². The minimum atomic E-state index is 0.0437. The van der Waals surface area contributed by atoms with Crippen LogP contribution in [-0.2, 0) is 4.79 Å². The van der Waals surface area contributed by atoms with Crippen molar-refractivity contribution in [1.82, 2.24) is 10.3 Å². The fourth-order valence-electron chi connectivity index (χ4n) is 1.23. The number of carbonyl (C=O) groups excluding carboxylic acids is 1. The molecule has 1 aromatic heterocycles. The zero-order chi connectivity index (χ0) is 10.5. The van der Waals surface area contributed by atoms with Crippen molar-refractivity contribution in [2.75, 3.05) is 29.9 Å². The molecule has 0 bridgehead atoms. The van der Waals surface area contributed by atoms with Crippen LogP contribution >= 0.6 is 23.1 Å². The summed E-state index contributed by atoms with van der Waals surface area (Å²) in [6.45, 7) is 2.20. The van der Waals surface area contributed by atoms with E-state index in [-0.39, 0.29) is 5.91 Å². The Morgan fingerprint density at radius 2 is 2.60 bits per heavy atom. The lowest BCUT2D eigenvalue weighted by molar-refractivity contribution is -0.113. The third kappa shape index (κ3) is 3.48. The molecule has 0 aliphatic carbocycles. The minimum absolute atomic E-state index is 0.0437. The van der Waals surface area contributed by atoms with Crippen molar-refractivity contribution in [2.24, 2.45) is 5.92 Å². The van der Waals surface area contributed by atoms with Gasteiger partial charge in [0.15, 0.2) is 5.13 Å². The van der Waals surface area contributed by atoms with Crippen molar-refractivity contribution in [2.45, 2.75) is 0 Å². The molecule has 1 aliphatic rings. The molecule has 1 aliphatic heterocycles. The molecular weight excluding hydrogens is 230 g/mol. The quantitative estimate of drug-likeness (QED) is 0.811. The van der Waals surface area contributed by atoms with Gasteiger partial charge in [-0.15, -0.1) is 11.3 Å². The minimum Gasteiger partial charge on any atom is -0.316 e. The smallest absolute Gasteiger partial charge is 0.236 e. The maximum Gasteiger partial charge on any atom is 0.236 e. The van der Waals surface area contributed by atoms with E-state index in [1.165, 1.54) is 11.3 Å². The molecule has 4 nitrogen and oxygen atoms in total. The van der Waals surface area contributed by atoms with Gasteiger partial charge in [0, 0.05) is 11.6 Å². The summed E-state index contributed by atoms with van der Waals surface area (Å²) in [5.41, 5.74) is 0. The van der Waals surface area contributed by atoms with Crippen LogP contribution in [0.1, 0.15) is 0 Å². The molecule has 2 heterocycles. The summed E-state index contributed by atoms with van der Waals surface area (Å²) in [4.78, 5) is 15.4. The largest absolute Gasteiger partial charge is 0.316 e. The van der Waals surface area contributed by atoms with Gasteiger partial charge in [0.05, 0.1) is 5.75 Å². The molecule has 1 aromatic rings. The van der Waals surface area contributed by atoms with Crippen LogP contribution in [0.25, 0.3) is 0 Å². The lowest BCUT2D eigenvalue weighted by atomic mass is 10.1. The summed E-state index contributed by atoms with van der Waals surface area (Å²) in [6.07, 6.45) is 1.69. The number of thiazole rings is 1. The molecule has 0 radical (unpaired) electrons. The summed E-state index contributed by atoms with van der Waals surface area (Å²) in [7, 11) is 0. The van der Waals surface area contributed by atoms with Crippen LogP contribution < -0.4 is 10.6 Å². The highest BCUT2D eigenvalue weighted by Gasteiger charge is 2.16. The zero-order valence-electron chi connectivity index (χ0n) is 8.23. The summed E-state index contributed by atoms with van der Waals surface area (Å²) >= 11 is 3.14. The number of carbonyl (C=O) groups is 1. The number of thioether (sulfide) groups is 1. The van der Waals surface area contributed by atoms with Gasteiger partial charge in [0.1, 0.15) is 0 Å². The highest BCUT2D eigenvalue weighted by molar-refractivity contribution is 7.99. The molecule has 0 saturated carbocycles. The highest BCUT2D eigenvalue weighted by Crippen LogP contribution is 2.14. The summed E-state index contributed by atoms with van der Waals surface area (Å²) in [5.74, 6) is 2.39. The maximum absolute atomic E-state index is 11.4. The Morgan fingerprint density at radius 1 is 1.73 bits per heavy atom. The van der Waals surface area contributed by atoms with Crippen molar-refractivity contribution in [3.63, 3.8) is 0 Å². The molecule has 0 unspecified atom stereocenters. The first-order chi connectivity index (χ1) is 7.34. The first-order valence-corrected chi connectivity index (χ1v) is 6.86. The monoisotopic (exact) mass is 243 g/mol. The van der Waals surface area contributed by atoms with Crippen LogP contribution in [0.15, 0.2) is 11.6 Å². The second-order valence-electron chi connectivity index (χ2n) is 3.42. The molecule has 1 amide bonds. The van der Waals surface area contributed by atoms with Gasteiger partial charge in [-0.2, -0.15) is 11.8 Å². The van der Waals surface area contributed by atoms with E-state index in [4.69, 9.17) is 0 Å². The number of amides is 1. The zero-order valence-corrected chi connectivity index (χ0v) is 9.87. The van der Waals surface area contributed by atoms with Gasteiger partial charge in [-0.05, 0) is 24.8 Å². The van der Waals surface area contributed by atoms with Gasteiger partial charge in [-0.25, -0.2) is 4.98 Å². The van der Waals surface area contributed by atoms with Gasteiger partial charge in [0.25, 0.3) is 0 Å². The molecule has 15 heavy (non-hydrogen) atoms. The first-order valence-electron chi connectivity index (χ1n) is 4.82. The van der Waals surface area contributed by atoms with Gasteiger partial charge in [0.2, 0.25) is 5.91 Å². The van der Waals surface area contributed by atoms with Crippen LogP contribution in [0.5, 0.6) is 0 Å². The third-order valence-electron chi connectivity index (χ3n) is 2.13. The second kappa shape index (κ2) is 5.48. The van der Waals surface area contributed by atoms with Crippen LogP contribution in [0, 0.1) is 5.92 Å². The van der Waals surface area contributed by atoms with Crippen LogP contribution in [0.3, 0.4) is 0 Å². The van der Waals surface area contributed by atoms with Crippen LogP contribution in [0.2, 0.25) is 0 Å². The van der Waals surface area contributed by atoms with E-state index in [1.807, 2.05) is 5.38 Å². The summed E-state index contributed by atoms with van der Waals surface area (Å²) < 4.78 is 0. The lowest BCUT2D eigenvalue weighted by Gasteiger charge is -2.26. The number of rotatable bonds is 5. The van der Waals surface area contributed by atoms with Gasteiger partial charge in [-0.1, -0.05) is 0 Å². The Balaban J connectivity index is 1.60. The van der Waals surface area contributed by atoms with E-state index in [0.717, 1.165) is 24.8 Å². The van der Waals surface area contributed by atoms with Crippen molar-refractivity contribution in [3.05, 3.63) is 11.6 Å². The Morgan fingerprint density at radius 3 is 3.20 bits per heavy atom. The van der Waals surface area contributed by atoms with Crippen LogP contribution in [-0.4, -0.2) is 35.5 Å². The summed E-state index contributed by atoms with van der Waals surface area (Å²) in [5, 5.41) is 8.51. The van der Waals surface area contributed by atoms with E-state index in [0.29, 0.717) is 10.9 Å². The Hall–Kier alpha value is -0.590. The van der Waals surface area contributed by atoms with Gasteiger partial charge < -0.3 is 10.6 Å². The topological polar surface area (TPSA) is 54.0 Å². The third-order valence-corrected chi connectivity index (χ3v) is 3.99. The first kappa shape index (κ1) is 10.9. The van der Waals surface area contributed by atoms with E-state index in [1.54, 1.807) is 18.0 Å². The Labute approximate surface area is 96.9 Å². The SMILES string of the molecule is O=C(CSCC1CNC1)Nc1nccs1. The fourth-order valence-corrected chi connectivity index (χ4v) is 2.71. The molecule has 0 spiro atoms. The molecule has 1 fully saturated rings. The number of hydrogen-bond acceptors (Lipinski definition) is 5. The van der Waals surface area contributed by atoms with Gasteiger partial charge in [-0.3, -0.25) is 4.79 Å². The predicted octanol–water partition coefficient (Wildman–Crippen LogP) is 1.03. The molecule has 1 saturated heterocycles. The highest BCUT2D eigenvalue weighted by atomic mass is 32.2. The van der Waals surface area contributed by atoms with Gasteiger partial charge >= 0.3 is 0 Å². The van der Waals surface area contributed by atoms with Crippen molar-refractivity contribution >= 4 is 34.1 Å². The number of nitrogens with one attached hydrogen (secondary N) is 2. The Kier molecular flexibility index (Phi) is 3.99. The fraction of sp³-hybridized carbons (Fsp3) is 0.556. The Bertz CT molecular complexity index is 311. The number of nitrogens with zero attached hydrogens (tertiary/aromatic N) is 1. The average Bonchev–Trinajstić information content (AvgIpc) is 2.62. The molecule has 82 valence electrons. The number of hydrogen-bond donors (Lipinski definition) is 2. The molecule has 0 aromatic carbocycles. The molecule has 2 rings (SSSR count). The van der Waals surface area contributed by atoms with Crippen LogP contribution in [0.4, 0.5) is 5.13 Å². The normalized spacial score (nSPS) is 16.0. The standard InChI is InChI=1S/C9H13N3OS2/c13-8(12-9-11-1-2-15-9)6-14-5-7-3-10-4-7/h1-2,7,10H,3-6H2,(H,11,12,13). The molecule has 0 atom stereocenters. The predicted molar refractivity (Wildman–Crippen MR) is 64.4 cm³/mol. The molecule has 2 N–H and O–H groups in total. The van der Waals surface area contributed by atoms with Crippen molar-refractivity contribution < 1.29 is 4.79 Å². The van der Waals surface area contributed by atoms with E-state index in [9.17, 15) is 4.79 Å². The van der Waals surface area contributed by atoms with Crippen molar-refractivity contribution in [3.8, 4) is 0 Å².